The molecular weight excluding hydrogens is 520 g/mol. The second-order valence-corrected chi connectivity index (χ2v) is 11.4. The van der Waals surface area contributed by atoms with E-state index in [-0.39, 0.29) is 5.91 Å². The van der Waals surface area contributed by atoms with Crippen molar-refractivity contribution < 1.29 is 14.3 Å². The minimum absolute atomic E-state index is 0.00706. The third-order valence-corrected chi connectivity index (χ3v) is 8.78. The highest BCUT2D eigenvalue weighted by atomic mass is 32.1. The van der Waals surface area contributed by atoms with E-state index in [2.05, 4.69) is 32.4 Å². The van der Waals surface area contributed by atoms with E-state index in [1.807, 2.05) is 44.3 Å². The summed E-state index contributed by atoms with van der Waals surface area (Å²) in [7, 11) is 3.29. The quantitative estimate of drug-likeness (QED) is 0.230. The number of aromatic nitrogens is 3. The van der Waals surface area contributed by atoms with E-state index in [0.29, 0.717) is 29.5 Å². The number of hydrogen-bond acceptors (Lipinski definition) is 6. The molecule has 4 aromatic rings. The molecule has 3 heterocycles. The first-order valence-corrected chi connectivity index (χ1v) is 14.9. The molecule has 1 aliphatic carbocycles. The van der Waals surface area contributed by atoms with Gasteiger partial charge in [-0.25, -0.2) is 4.98 Å². The topological polar surface area (TPSA) is 78.3 Å². The van der Waals surface area contributed by atoms with Crippen LogP contribution in [0.2, 0.25) is 0 Å². The summed E-state index contributed by atoms with van der Waals surface area (Å²) in [6.45, 7) is 5.45. The van der Waals surface area contributed by atoms with Crippen LogP contribution in [-0.4, -0.2) is 41.2 Å². The second kappa shape index (κ2) is 12.7. The monoisotopic (exact) mass is 558 g/mol. The third kappa shape index (κ3) is 6.22. The molecule has 1 aromatic carbocycles. The fourth-order valence-electron chi connectivity index (χ4n) is 5.49. The van der Waals surface area contributed by atoms with Crippen molar-refractivity contribution in [2.45, 2.75) is 58.9 Å². The standard InChI is InChI=1S/C32H38N4O3S/c1-21-10-12-25(19-33-21)32-35-27(20-40-32)28-17-26(31(37)34-18-24-8-6-5-7-9-24)22(2)36(28)15-14-23-11-13-29(38-3)30(16-23)39-4/h10-13,16-17,19-20,24H,5-9,14-15,18H2,1-4H3,(H,34,37). The molecule has 1 amide bonds. The van der Waals surface area contributed by atoms with Gasteiger partial charge >= 0.3 is 0 Å². The van der Waals surface area contributed by atoms with E-state index in [0.717, 1.165) is 51.9 Å². The van der Waals surface area contributed by atoms with Crippen LogP contribution in [0.1, 0.15) is 59.4 Å². The van der Waals surface area contributed by atoms with Gasteiger partial charge in [0.2, 0.25) is 0 Å². The maximum absolute atomic E-state index is 13.4. The fourth-order valence-corrected chi connectivity index (χ4v) is 6.30. The maximum atomic E-state index is 13.4. The maximum Gasteiger partial charge on any atom is 0.253 e. The smallest absolute Gasteiger partial charge is 0.253 e. The minimum Gasteiger partial charge on any atom is -0.493 e. The molecule has 7 nitrogen and oxygen atoms in total. The molecule has 0 atom stereocenters. The predicted molar refractivity (Wildman–Crippen MR) is 160 cm³/mol. The number of thiazole rings is 1. The van der Waals surface area contributed by atoms with Gasteiger partial charge in [-0.15, -0.1) is 11.3 Å². The lowest BCUT2D eigenvalue weighted by atomic mass is 9.89. The van der Waals surface area contributed by atoms with E-state index < -0.39 is 0 Å². The average molecular weight is 559 g/mol. The molecule has 8 heteroatoms. The number of nitrogens with zero attached hydrogens (tertiary/aromatic N) is 3. The number of carbonyl (C=O) groups is 1. The first-order valence-electron chi connectivity index (χ1n) is 14.0. The fraction of sp³-hybridized carbons (Fsp3) is 0.406. The molecule has 0 radical (unpaired) electrons. The molecular formula is C32H38N4O3S. The number of methoxy groups -OCH3 is 2. The number of carbonyl (C=O) groups excluding carboxylic acids is 1. The first kappa shape index (κ1) is 27.9. The second-order valence-electron chi connectivity index (χ2n) is 10.6. The highest BCUT2D eigenvalue weighted by Crippen LogP contribution is 2.33. The van der Waals surface area contributed by atoms with Crippen molar-refractivity contribution in [1.82, 2.24) is 19.9 Å². The lowest BCUT2D eigenvalue weighted by molar-refractivity contribution is 0.0943. The Kier molecular flexibility index (Phi) is 8.85. The molecule has 1 fully saturated rings. The van der Waals surface area contributed by atoms with E-state index in [4.69, 9.17) is 14.5 Å². The summed E-state index contributed by atoms with van der Waals surface area (Å²) in [5.41, 5.74) is 6.57. The molecule has 0 aliphatic heterocycles. The molecule has 5 rings (SSSR count). The summed E-state index contributed by atoms with van der Waals surface area (Å²) in [5, 5.41) is 6.21. The Balaban J connectivity index is 1.43. The number of ether oxygens (including phenoxy) is 2. The van der Waals surface area contributed by atoms with Crippen LogP contribution >= 0.6 is 11.3 Å². The molecule has 3 aromatic heterocycles. The van der Waals surface area contributed by atoms with Crippen LogP contribution in [0, 0.1) is 19.8 Å². The summed E-state index contributed by atoms with van der Waals surface area (Å²) >= 11 is 1.59. The van der Waals surface area contributed by atoms with Gasteiger partial charge in [-0.2, -0.15) is 0 Å². The highest BCUT2D eigenvalue weighted by Gasteiger charge is 2.22. The van der Waals surface area contributed by atoms with E-state index in [1.165, 1.54) is 32.1 Å². The number of pyridine rings is 1. The van der Waals surface area contributed by atoms with Crippen LogP contribution in [0.3, 0.4) is 0 Å². The van der Waals surface area contributed by atoms with Gasteiger partial charge in [0.15, 0.2) is 11.5 Å². The predicted octanol–water partition coefficient (Wildman–Crippen LogP) is 6.86. The van der Waals surface area contributed by atoms with Crippen LogP contribution in [0.4, 0.5) is 0 Å². The number of amides is 1. The zero-order valence-electron chi connectivity index (χ0n) is 23.8. The Morgan fingerprint density at radius 1 is 1.05 bits per heavy atom. The number of hydrogen-bond donors (Lipinski definition) is 1. The van der Waals surface area contributed by atoms with E-state index in [9.17, 15) is 4.79 Å². The Bertz CT molecular complexity index is 1450. The van der Waals surface area contributed by atoms with Gasteiger partial charge in [-0.1, -0.05) is 25.3 Å². The Morgan fingerprint density at radius 3 is 2.58 bits per heavy atom. The largest absolute Gasteiger partial charge is 0.493 e. The van der Waals surface area contributed by atoms with Gasteiger partial charge in [-0.3, -0.25) is 9.78 Å². The summed E-state index contributed by atoms with van der Waals surface area (Å²) in [5.74, 6) is 1.99. The molecule has 1 aliphatic rings. The molecule has 0 saturated heterocycles. The van der Waals surface area contributed by atoms with Gasteiger partial charge < -0.3 is 19.4 Å². The van der Waals surface area contributed by atoms with Crippen molar-refractivity contribution in [3.8, 4) is 33.5 Å². The summed E-state index contributed by atoms with van der Waals surface area (Å²) < 4.78 is 13.1. The SMILES string of the molecule is COc1ccc(CCn2c(-c3csc(-c4ccc(C)nc4)n3)cc(C(=O)NCC3CCCCC3)c2C)cc1OC. The normalized spacial score (nSPS) is 13.8. The average Bonchev–Trinajstić information content (AvgIpc) is 3.60. The third-order valence-electron chi connectivity index (χ3n) is 7.88. The lowest BCUT2D eigenvalue weighted by Crippen LogP contribution is -2.30. The van der Waals surface area contributed by atoms with Crippen LogP contribution in [-0.2, 0) is 13.0 Å². The van der Waals surface area contributed by atoms with Gasteiger partial charge in [-0.05, 0) is 74.9 Å². The number of rotatable bonds is 10. The van der Waals surface area contributed by atoms with Crippen molar-refractivity contribution in [2.75, 3.05) is 20.8 Å². The van der Waals surface area contributed by atoms with E-state index in [1.54, 1.807) is 25.6 Å². The zero-order chi connectivity index (χ0) is 28.1. The van der Waals surface area contributed by atoms with Gasteiger partial charge in [0.25, 0.3) is 5.91 Å². The zero-order valence-corrected chi connectivity index (χ0v) is 24.6. The highest BCUT2D eigenvalue weighted by molar-refractivity contribution is 7.13. The molecule has 40 heavy (non-hydrogen) atoms. The summed E-state index contributed by atoms with van der Waals surface area (Å²) in [6, 6.07) is 12.1. The first-order chi connectivity index (χ1) is 19.5. The van der Waals surface area contributed by atoms with Crippen LogP contribution < -0.4 is 14.8 Å². The van der Waals surface area contributed by atoms with Crippen LogP contribution in [0.5, 0.6) is 11.5 Å². The molecule has 0 bridgehead atoms. The van der Waals surface area contributed by atoms with Gasteiger partial charge in [0, 0.05) is 41.6 Å². The van der Waals surface area contributed by atoms with Crippen LogP contribution in [0.15, 0.2) is 48.0 Å². The Labute approximate surface area is 240 Å². The molecule has 210 valence electrons. The Hall–Kier alpha value is -3.65. The number of aryl methyl sites for hydroxylation is 2. The van der Waals surface area contributed by atoms with Crippen molar-refractivity contribution >= 4 is 17.2 Å². The number of benzene rings is 1. The molecule has 1 saturated carbocycles. The molecule has 1 N–H and O–H groups in total. The van der Waals surface area contributed by atoms with Crippen molar-refractivity contribution in [1.29, 1.82) is 0 Å². The van der Waals surface area contributed by atoms with Crippen LogP contribution in [0.25, 0.3) is 22.0 Å². The van der Waals surface area contributed by atoms with Crippen molar-refractivity contribution in [3.63, 3.8) is 0 Å². The lowest BCUT2D eigenvalue weighted by Gasteiger charge is -2.21. The van der Waals surface area contributed by atoms with Crippen molar-refractivity contribution in [3.05, 3.63) is 70.5 Å². The van der Waals surface area contributed by atoms with Gasteiger partial charge in [0.1, 0.15) is 5.01 Å². The van der Waals surface area contributed by atoms with Crippen molar-refractivity contribution in [2.24, 2.45) is 5.92 Å². The number of nitrogens with one attached hydrogen (secondary N) is 1. The summed E-state index contributed by atoms with van der Waals surface area (Å²) in [6.07, 6.45) is 8.87. The molecule has 0 unspecified atom stereocenters. The minimum atomic E-state index is -0.00706. The van der Waals surface area contributed by atoms with E-state index >= 15 is 0 Å². The molecule has 0 spiro atoms. The van der Waals surface area contributed by atoms with Gasteiger partial charge in [0.05, 0.1) is 31.2 Å². The Morgan fingerprint density at radius 2 is 1.85 bits per heavy atom. The summed E-state index contributed by atoms with van der Waals surface area (Å²) in [4.78, 5) is 22.8.